The number of carboxylic acids is 1. The van der Waals surface area contributed by atoms with Gasteiger partial charge in [-0.2, -0.15) is 0 Å². The highest BCUT2D eigenvalue weighted by Crippen LogP contribution is 2.27. The minimum Gasteiger partial charge on any atom is -0.480 e. The number of aliphatic carboxylic acids is 1. The normalized spacial score (nSPS) is 12.4. The first-order valence-corrected chi connectivity index (χ1v) is 6.28. The first-order valence-electron chi connectivity index (χ1n) is 6.28. The fourth-order valence-electron chi connectivity index (χ4n) is 2.25. The molecule has 1 aromatic carbocycles. The van der Waals surface area contributed by atoms with E-state index in [1.54, 1.807) is 23.9 Å². The number of rotatable bonds is 3. The van der Waals surface area contributed by atoms with Gasteiger partial charge in [0.25, 0.3) is 0 Å². The molecule has 0 saturated heterocycles. The van der Waals surface area contributed by atoms with Crippen molar-refractivity contribution in [3.63, 3.8) is 0 Å². The Morgan fingerprint density at radius 2 is 2.05 bits per heavy atom. The Morgan fingerprint density at radius 1 is 1.25 bits per heavy atom. The summed E-state index contributed by atoms with van der Waals surface area (Å²) in [5.74, 6) is -0.271. The SMILES string of the molecule is CC(C(=O)O)n1c(-c2cccnc2)nc2ccccc21. The molecular weight excluding hydrogens is 254 g/mol. The van der Waals surface area contributed by atoms with Gasteiger partial charge in [-0.05, 0) is 31.2 Å². The lowest BCUT2D eigenvalue weighted by atomic mass is 10.2. The van der Waals surface area contributed by atoms with Crippen molar-refractivity contribution in [1.82, 2.24) is 14.5 Å². The Bertz CT molecular complexity index is 765. The first-order chi connectivity index (χ1) is 9.68. The van der Waals surface area contributed by atoms with Crippen molar-refractivity contribution in [3.05, 3.63) is 48.8 Å². The number of hydrogen-bond acceptors (Lipinski definition) is 3. The first kappa shape index (κ1) is 12.3. The van der Waals surface area contributed by atoms with Crippen molar-refractivity contribution in [2.75, 3.05) is 0 Å². The molecule has 1 N–H and O–H groups in total. The van der Waals surface area contributed by atoms with Gasteiger partial charge in [-0.3, -0.25) is 4.98 Å². The summed E-state index contributed by atoms with van der Waals surface area (Å²) in [6.45, 7) is 1.65. The van der Waals surface area contributed by atoms with Gasteiger partial charge in [0.2, 0.25) is 0 Å². The second-order valence-corrected chi connectivity index (χ2v) is 4.55. The maximum absolute atomic E-state index is 11.4. The molecule has 3 rings (SSSR count). The van der Waals surface area contributed by atoms with Crippen LogP contribution in [-0.2, 0) is 4.79 Å². The summed E-state index contributed by atoms with van der Waals surface area (Å²) in [5.41, 5.74) is 2.39. The Kier molecular flexibility index (Phi) is 2.95. The molecule has 3 aromatic rings. The lowest BCUT2D eigenvalue weighted by Crippen LogP contribution is -2.16. The van der Waals surface area contributed by atoms with E-state index in [1.165, 1.54) is 0 Å². The number of imidazole rings is 1. The minimum absolute atomic E-state index is 0.620. The fraction of sp³-hybridized carbons (Fsp3) is 0.133. The number of para-hydroxylation sites is 2. The number of aromatic nitrogens is 3. The van der Waals surface area contributed by atoms with E-state index >= 15 is 0 Å². The van der Waals surface area contributed by atoms with Crippen LogP contribution >= 0.6 is 0 Å². The topological polar surface area (TPSA) is 68.0 Å². The van der Waals surface area contributed by atoms with Gasteiger partial charge in [0.1, 0.15) is 11.9 Å². The molecule has 0 fully saturated rings. The van der Waals surface area contributed by atoms with Gasteiger partial charge in [-0.15, -0.1) is 0 Å². The third-order valence-electron chi connectivity index (χ3n) is 3.26. The molecule has 0 spiro atoms. The third-order valence-corrected chi connectivity index (χ3v) is 3.26. The van der Waals surface area contributed by atoms with Crippen LogP contribution in [0.5, 0.6) is 0 Å². The molecule has 5 nitrogen and oxygen atoms in total. The number of pyridine rings is 1. The molecule has 1 unspecified atom stereocenters. The van der Waals surface area contributed by atoms with Crippen LogP contribution in [0.2, 0.25) is 0 Å². The number of benzene rings is 1. The van der Waals surface area contributed by atoms with Crippen LogP contribution < -0.4 is 0 Å². The summed E-state index contributed by atoms with van der Waals surface area (Å²) in [5, 5.41) is 9.32. The maximum Gasteiger partial charge on any atom is 0.326 e. The molecule has 0 radical (unpaired) electrons. The average molecular weight is 267 g/mol. The minimum atomic E-state index is -0.890. The average Bonchev–Trinajstić information content (AvgIpc) is 2.86. The van der Waals surface area contributed by atoms with Crippen molar-refractivity contribution in [3.8, 4) is 11.4 Å². The smallest absolute Gasteiger partial charge is 0.326 e. The van der Waals surface area contributed by atoms with Crippen molar-refractivity contribution in [2.45, 2.75) is 13.0 Å². The number of carboxylic acid groups (broad SMARTS) is 1. The van der Waals surface area contributed by atoms with Gasteiger partial charge in [-0.25, -0.2) is 9.78 Å². The summed E-state index contributed by atoms with van der Waals surface area (Å²) < 4.78 is 1.73. The van der Waals surface area contributed by atoms with Crippen LogP contribution in [0.4, 0.5) is 0 Å². The maximum atomic E-state index is 11.4. The molecule has 2 heterocycles. The zero-order valence-corrected chi connectivity index (χ0v) is 10.9. The van der Waals surface area contributed by atoms with Gasteiger partial charge in [-0.1, -0.05) is 12.1 Å². The van der Waals surface area contributed by atoms with Gasteiger partial charge in [0, 0.05) is 18.0 Å². The summed E-state index contributed by atoms with van der Waals surface area (Å²) in [6.07, 6.45) is 3.36. The summed E-state index contributed by atoms with van der Waals surface area (Å²) in [7, 11) is 0. The van der Waals surface area contributed by atoms with Crippen LogP contribution in [0.1, 0.15) is 13.0 Å². The highest BCUT2D eigenvalue weighted by Gasteiger charge is 2.21. The predicted octanol–water partition coefficient (Wildman–Crippen LogP) is 2.74. The second-order valence-electron chi connectivity index (χ2n) is 4.55. The molecule has 5 heteroatoms. The van der Waals surface area contributed by atoms with E-state index in [1.807, 2.05) is 36.4 Å². The van der Waals surface area contributed by atoms with Gasteiger partial charge < -0.3 is 9.67 Å². The zero-order valence-electron chi connectivity index (χ0n) is 10.9. The quantitative estimate of drug-likeness (QED) is 0.792. The Labute approximate surface area is 115 Å². The second kappa shape index (κ2) is 4.77. The monoisotopic (exact) mass is 267 g/mol. The molecule has 0 saturated carbocycles. The van der Waals surface area contributed by atoms with Crippen molar-refractivity contribution >= 4 is 17.0 Å². The van der Waals surface area contributed by atoms with Crippen molar-refractivity contribution in [2.24, 2.45) is 0 Å². The number of hydrogen-bond donors (Lipinski definition) is 1. The Morgan fingerprint density at radius 3 is 2.75 bits per heavy atom. The van der Waals surface area contributed by atoms with E-state index in [0.717, 1.165) is 16.6 Å². The van der Waals surface area contributed by atoms with E-state index in [0.29, 0.717) is 5.82 Å². The molecule has 0 aliphatic carbocycles. The third kappa shape index (κ3) is 1.93. The molecule has 0 aliphatic rings. The van der Waals surface area contributed by atoms with Crippen LogP contribution in [0.15, 0.2) is 48.8 Å². The lowest BCUT2D eigenvalue weighted by molar-refractivity contribution is -0.140. The van der Waals surface area contributed by atoms with E-state index in [4.69, 9.17) is 0 Å². The highest BCUT2D eigenvalue weighted by molar-refractivity contribution is 5.84. The van der Waals surface area contributed by atoms with E-state index in [2.05, 4.69) is 9.97 Å². The van der Waals surface area contributed by atoms with Crippen LogP contribution in [-0.4, -0.2) is 25.6 Å². The Hall–Kier alpha value is -2.69. The predicted molar refractivity (Wildman–Crippen MR) is 75.3 cm³/mol. The lowest BCUT2D eigenvalue weighted by Gasteiger charge is -2.13. The summed E-state index contributed by atoms with van der Waals surface area (Å²) >= 11 is 0. The molecule has 2 aromatic heterocycles. The summed E-state index contributed by atoms with van der Waals surface area (Å²) in [4.78, 5) is 20.0. The molecular formula is C15H13N3O2. The highest BCUT2D eigenvalue weighted by atomic mass is 16.4. The van der Waals surface area contributed by atoms with Crippen LogP contribution in [0.25, 0.3) is 22.4 Å². The Balaban J connectivity index is 2.31. The standard InChI is InChI=1S/C15H13N3O2/c1-10(15(19)20)18-13-7-3-2-6-12(13)17-14(18)11-5-4-8-16-9-11/h2-10H,1H3,(H,19,20). The number of fused-ring (bicyclic) bond motifs is 1. The van der Waals surface area contributed by atoms with Crippen LogP contribution in [0.3, 0.4) is 0 Å². The van der Waals surface area contributed by atoms with Gasteiger partial charge >= 0.3 is 5.97 Å². The number of carbonyl (C=O) groups is 1. The van der Waals surface area contributed by atoms with Gasteiger partial charge in [0.05, 0.1) is 11.0 Å². The summed E-state index contributed by atoms with van der Waals surface area (Å²) in [6, 6.07) is 10.5. The van der Waals surface area contributed by atoms with E-state index < -0.39 is 12.0 Å². The molecule has 20 heavy (non-hydrogen) atoms. The van der Waals surface area contributed by atoms with Gasteiger partial charge in [0.15, 0.2) is 0 Å². The molecule has 100 valence electrons. The van der Waals surface area contributed by atoms with Crippen LogP contribution in [0, 0.1) is 0 Å². The van der Waals surface area contributed by atoms with Crippen molar-refractivity contribution in [1.29, 1.82) is 0 Å². The largest absolute Gasteiger partial charge is 0.480 e. The molecule has 0 aliphatic heterocycles. The van der Waals surface area contributed by atoms with E-state index in [-0.39, 0.29) is 0 Å². The molecule has 0 bridgehead atoms. The molecule has 0 amide bonds. The zero-order chi connectivity index (χ0) is 14.1. The fourth-order valence-corrected chi connectivity index (χ4v) is 2.25. The number of nitrogens with zero attached hydrogens (tertiary/aromatic N) is 3. The van der Waals surface area contributed by atoms with Crippen molar-refractivity contribution < 1.29 is 9.90 Å². The molecule has 1 atom stereocenters. The van der Waals surface area contributed by atoms with E-state index in [9.17, 15) is 9.90 Å².